The average Bonchev–Trinajstić information content (AvgIpc) is 2.80. The summed E-state index contributed by atoms with van der Waals surface area (Å²) in [4.78, 5) is 0. The van der Waals surface area contributed by atoms with Gasteiger partial charge in [0, 0.05) is 13.0 Å². The van der Waals surface area contributed by atoms with Crippen LogP contribution in [0.2, 0.25) is 0 Å². The molecule has 2 nitrogen and oxygen atoms in total. The summed E-state index contributed by atoms with van der Waals surface area (Å²) in [5.74, 6) is 0.485. The van der Waals surface area contributed by atoms with E-state index >= 15 is 0 Å². The van der Waals surface area contributed by atoms with E-state index in [9.17, 15) is 12.9 Å². The molecule has 7 heteroatoms. The Labute approximate surface area is 159 Å². The van der Waals surface area contributed by atoms with Gasteiger partial charge < -0.3 is 22.4 Å². The van der Waals surface area contributed by atoms with Crippen molar-refractivity contribution in [3.63, 3.8) is 0 Å². The van der Waals surface area contributed by atoms with E-state index < -0.39 is 12.4 Å². The fourth-order valence-electron chi connectivity index (χ4n) is 2.29. The number of hydrogen-bond acceptors (Lipinski definition) is 2. The van der Waals surface area contributed by atoms with E-state index in [2.05, 4.69) is 0 Å². The minimum absolute atomic E-state index is 0. The molecule has 106 valence electrons. The predicted octanol–water partition coefficient (Wildman–Crippen LogP) is 0.00132. The molecule has 0 N–H and O–H groups in total. The number of ether oxygens (including phenoxy) is 2. The van der Waals surface area contributed by atoms with E-state index in [4.69, 9.17) is 9.47 Å². The molecule has 1 heterocycles. The number of benzene rings is 1. The second-order valence-electron chi connectivity index (χ2n) is 4.87. The first-order valence-corrected chi connectivity index (χ1v) is 6.52. The van der Waals surface area contributed by atoms with Crippen molar-refractivity contribution in [2.75, 3.05) is 13.2 Å². The zero-order valence-electron chi connectivity index (χ0n) is 11.9. The largest absolute Gasteiger partial charge is 1.00 e. The van der Waals surface area contributed by atoms with Gasteiger partial charge in [-0.15, -0.1) is 5.46 Å². The Kier molecular flexibility index (Phi) is 7.59. The number of hydrogen-bond donors (Lipinski definition) is 0. The van der Waals surface area contributed by atoms with Crippen molar-refractivity contribution in [2.45, 2.75) is 32.3 Å². The molecule has 1 aromatic rings. The molecule has 1 fully saturated rings. The third-order valence-electron chi connectivity index (χ3n) is 3.33. The standard InChI is InChI=1S/C13H17BF3O2.K/c1-10-9-12(4-5-13(10)14(15,16)17)19-8-6-11-3-2-7-18-11;/h4-5,9,11H,2-3,6-8H2,1H3;/q-1;+1. The summed E-state index contributed by atoms with van der Waals surface area (Å²) in [5.41, 5.74) is -0.339. The minimum Gasteiger partial charge on any atom is -0.493 e. The maximum absolute atomic E-state index is 12.6. The van der Waals surface area contributed by atoms with Gasteiger partial charge in [0.1, 0.15) is 5.75 Å². The Hall–Kier alpha value is 0.471. The van der Waals surface area contributed by atoms with Crippen molar-refractivity contribution in [1.29, 1.82) is 0 Å². The van der Waals surface area contributed by atoms with Gasteiger partial charge in [-0.25, -0.2) is 0 Å². The first kappa shape index (κ1) is 18.5. The van der Waals surface area contributed by atoms with Crippen molar-refractivity contribution in [2.24, 2.45) is 0 Å². The summed E-state index contributed by atoms with van der Waals surface area (Å²) >= 11 is 0. The Balaban J connectivity index is 0.00000200. The van der Waals surface area contributed by atoms with Crippen LogP contribution < -0.4 is 61.6 Å². The Morgan fingerprint density at radius 1 is 1.35 bits per heavy atom. The fourth-order valence-corrected chi connectivity index (χ4v) is 2.29. The topological polar surface area (TPSA) is 18.5 Å². The molecule has 1 aliphatic heterocycles. The van der Waals surface area contributed by atoms with Gasteiger partial charge in [-0.05, 0) is 31.9 Å². The predicted molar refractivity (Wildman–Crippen MR) is 69.0 cm³/mol. The van der Waals surface area contributed by atoms with Crippen molar-refractivity contribution >= 4 is 12.4 Å². The molecular weight excluding hydrogens is 295 g/mol. The molecule has 1 unspecified atom stereocenters. The molecule has 1 aromatic carbocycles. The molecule has 20 heavy (non-hydrogen) atoms. The van der Waals surface area contributed by atoms with Gasteiger partial charge in [-0.3, -0.25) is 0 Å². The Bertz CT molecular complexity index is 434. The summed E-state index contributed by atoms with van der Waals surface area (Å²) in [6.07, 6.45) is 3.13. The fraction of sp³-hybridized carbons (Fsp3) is 0.538. The molecule has 1 atom stereocenters. The van der Waals surface area contributed by atoms with Gasteiger partial charge in [0.25, 0.3) is 0 Å². The van der Waals surface area contributed by atoms with Crippen LogP contribution >= 0.6 is 0 Å². The number of halogens is 3. The van der Waals surface area contributed by atoms with Gasteiger partial charge in [0.15, 0.2) is 0 Å². The van der Waals surface area contributed by atoms with Crippen LogP contribution in [0.1, 0.15) is 24.8 Å². The summed E-state index contributed by atoms with van der Waals surface area (Å²) in [7, 11) is 0. The van der Waals surface area contributed by atoms with Crippen LogP contribution in [0.3, 0.4) is 0 Å². The molecule has 0 saturated carbocycles. The minimum atomic E-state index is -4.95. The Morgan fingerprint density at radius 3 is 2.65 bits per heavy atom. The maximum Gasteiger partial charge on any atom is 1.00 e. The van der Waals surface area contributed by atoms with Gasteiger partial charge in [-0.2, -0.15) is 0 Å². The van der Waals surface area contributed by atoms with Gasteiger partial charge in [-0.1, -0.05) is 11.6 Å². The first-order chi connectivity index (χ1) is 8.97. The molecular formula is C13H17BF3KO2. The molecule has 0 spiro atoms. The van der Waals surface area contributed by atoms with Crippen LogP contribution in [0, 0.1) is 6.92 Å². The van der Waals surface area contributed by atoms with Crippen LogP contribution in [0.5, 0.6) is 5.75 Å². The maximum atomic E-state index is 12.6. The normalized spacial score (nSPS) is 18.7. The van der Waals surface area contributed by atoms with Crippen LogP contribution in [-0.4, -0.2) is 26.3 Å². The zero-order valence-corrected chi connectivity index (χ0v) is 15.0. The van der Waals surface area contributed by atoms with Gasteiger partial charge in [0.2, 0.25) is 0 Å². The van der Waals surface area contributed by atoms with Crippen LogP contribution in [-0.2, 0) is 4.74 Å². The summed E-state index contributed by atoms with van der Waals surface area (Å²) < 4.78 is 48.9. The molecule has 0 radical (unpaired) electrons. The molecule has 1 saturated heterocycles. The second kappa shape index (κ2) is 8.20. The van der Waals surface area contributed by atoms with E-state index in [1.807, 2.05) is 0 Å². The van der Waals surface area contributed by atoms with Crippen LogP contribution in [0.15, 0.2) is 18.2 Å². The van der Waals surface area contributed by atoms with E-state index in [1.165, 1.54) is 19.1 Å². The van der Waals surface area contributed by atoms with E-state index in [-0.39, 0.29) is 63.1 Å². The first-order valence-electron chi connectivity index (χ1n) is 6.52. The molecule has 1 aliphatic rings. The molecule has 0 aromatic heterocycles. The third-order valence-corrected chi connectivity index (χ3v) is 3.33. The smallest absolute Gasteiger partial charge is 0.493 e. The van der Waals surface area contributed by atoms with Gasteiger partial charge in [0.05, 0.1) is 12.7 Å². The zero-order chi connectivity index (χ0) is 13.9. The third kappa shape index (κ3) is 5.35. The number of rotatable bonds is 5. The van der Waals surface area contributed by atoms with Crippen molar-refractivity contribution in [1.82, 2.24) is 0 Å². The summed E-state index contributed by atoms with van der Waals surface area (Å²) in [6, 6.07) is 3.92. The molecule has 0 amide bonds. The van der Waals surface area contributed by atoms with Crippen molar-refractivity contribution in [3.05, 3.63) is 23.8 Å². The van der Waals surface area contributed by atoms with E-state index in [1.54, 1.807) is 0 Å². The van der Waals surface area contributed by atoms with Crippen LogP contribution in [0.25, 0.3) is 0 Å². The molecule has 0 bridgehead atoms. The second-order valence-corrected chi connectivity index (χ2v) is 4.87. The summed E-state index contributed by atoms with van der Waals surface area (Å²) in [5, 5.41) is 0. The Morgan fingerprint density at radius 2 is 2.10 bits per heavy atom. The molecule has 0 aliphatic carbocycles. The van der Waals surface area contributed by atoms with Crippen molar-refractivity contribution in [3.8, 4) is 5.75 Å². The van der Waals surface area contributed by atoms with E-state index in [0.717, 1.165) is 31.9 Å². The monoisotopic (exact) mass is 312 g/mol. The van der Waals surface area contributed by atoms with Crippen LogP contribution in [0.4, 0.5) is 12.9 Å². The SMILES string of the molecule is Cc1cc(OCCC2CCCO2)ccc1[B-](F)(F)F.[K+]. The number of aryl methyl sites for hydroxylation is 1. The quantitative estimate of drug-likeness (QED) is 0.713. The van der Waals surface area contributed by atoms with Gasteiger partial charge >= 0.3 is 58.4 Å². The molecule has 2 rings (SSSR count). The average molecular weight is 312 g/mol. The van der Waals surface area contributed by atoms with Crippen molar-refractivity contribution < 1.29 is 73.8 Å². The van der Waals surface area contributed by atoms with E-state index in [0.29, 0.717) is 12.4 Å². The summed E-state index contributed by atoms with van der Waals surface area (Å²) in [6.45, 7) is -2.22.